The number of aldehydes is 1. The highest BCUT2D eigenvalue weighted by atomic mass is 16.3. The Balaban J connectivity index is 1.99. The summed E-state index contributed by atoms with van der Waals surface area (Å²) in [6, 6.07) is 5.74. The molecule has 0 spiro atoms. The molecule has 2 aromatic rings. The Hall–Kier alpha value is -3.59. The molecule has 6 N–H and O–H groups in total. The minimum atomic E-state index is -1.20. The smallest absolute Gasteiger partial charge is 0.207 e. The van der Waals surface area contributed by atoms with E-state index >= 15 is 0 Å². The first-order valence-corrected chi connectivity index (χ1v) is 13.1. The molecule has 2 aromatic heterocycles. The molecule has 2 heterocycles. The second-order valence-electron chi connectivity index (χ2n) is 9.69. The number of nitriles is 1. The highest BCUT2D eigenvalue weighted by Gasteiger charge is 2.46. The monoisotopic (exact) mass is 522 g/mol. The number of aliphatic hydroxyl groups is 1. The number of likely N-dealkylation sites (N-methyl/N-ethyl adjacent to an activating group) is 1. The van der Waals surface area contributed by atoms with E-state index in [9.17, 15) is 20.0 Å². The molecule has 1 amide bonds. The SMILES string of the molecule is CCCNc1cc(Nc2nc(C=O)c(CCN(C)CCNC=O)cc2C(O)(CCN)C2CC2)ncc1C#N. The maximum absolute atomic E-state index is 12.1. The van der Waals surface area contributed by atoms with Gasteiger partial charge in [-0.3, -0.25) is 9.59 Å². The number of amides is 1. The van der Waals surface area contributed by atoms with Crippen LogP contribution in [0.4, 0.5) is 17.3 Å². The summed E-state index contributed by atoms with van der Waals surface area (Å²) in [7, 11) is 1.94. The van der Waals surface area contributed by atoms with Gasteiger partial charge in [0, 0.05) is 44.0 Å². The van der Waals surface area contributed by atoms with Crippen LogP contribution in [0, 0.1) is 17.2 Å². The van der Waals surface area contributed by atoms with Crippen LogP contribution in [-0.2, 0) is 16.8 Å². The molecule has 1 aliphatic carbocycles. The van der Waals surface area contributed by atoms with E-state index in [-0.39, 0.29) is 11.6 Å². The maximum atomic E-state index is 12.1. The molecule has 1 atom stereocenters. The number of nitrogens with zero attached hydrogens (tertiary/aromatic N) is 4. The van der Waals surface area contributed by atoms with Gasteiger partial charge in [-0.25, -0.2) is 9.97 Å². The molecule has 0 radical (unpaired) electrons. The third-order valence-corrected chi connectivity index (χ3v) is 6.81. The first-order chi connectivity index (χ1) is 18.4. The number of nitrogens with one attached hydrogen (secondary N) is 3. The van der Waals surface area contributed by atoms with Crippen LogP contribution in [0.25, 0.3) is 0 Å². The van der Waals surface area contributed by atoms with Gasteiger partial charge in [-0.1, -0.05) is 6.92 Å². The fourth-order valence-corrected chi connectivity index (χ4v) is 4.51. The van der Waals surface area contributed by atoms with Crippen molar-refractivity contribution in [1.29, 1.82) is 5.26 Å². The summed E-state index contributed by atoms with van der Waals surface area (Å²) >= 11 is 0. The third-order valence-electron chi connectivity index (χ3n) is 6.81. The van der Waals surface area contributed by atoms with E-state index in [1.807, 2.05) is 20.0 Å². The number of hydrogen-bond donors (Lipinski definition) is 5. The van der Waals surface area contributed by atoms with Crippen LogP contribution in [0.5, 0.6) is 0 Å². The molecule has 204 valence electrons. The predicted molar refractivity (Wildman–Crippen MR) is 146 cm³/mol. The van der Waals surface area contributed by atoms with Crippen molar-refractivity contribution in [1.82, 2.24) is 20.2 Å². The highest BCUT2D eigenvalue weighted by Crippen LogP contribution is 2.49. The number of rotatable bonds is 17. The van der Waals surface area contributed by atoms with Crippen molar-refractivity contribution in [2.75, 3.05) is 50.4 Å². The van der Waals surface area contributed by atoms with Gasteiger partial charge in [-0.15, -0.1) is 0 Å². The topological polar surface area (TPSA) is 169 Å². The Bertz CT molecular complexity index is 1150. The molecule has 11 heteroatoms. The van der Waals surface area contributed by atoms with Crippen LogP contribution in [0.1, 0.15) is 59.8 Å². The number of carbonyl (C=O) groups is 2. The van der Waals surface area contributed by atoms with Crippen molar-refractivity contribution in [2.45, 2.75) is 44.6 Å². The van der Waals surface area contributed by atoms with E-state index in [1.54, 1.807) is 6.07 Å². The van der Waals surface area contributed by atoms with E-state index in [4.69, 9.17) is 5.73 Å². The van der Waals surface area contributed by atoms with E-state index in [1.165, 1.54) is 6.20 Å². The van der Waals surface area contributed by atoms with E-state index in [0.717, 1.165) is 31.1 Å². The number of anilines is 3. The Morgan fingerprint density at radius 3 is 2.71 bits per heavy atom. The quantitative estimate of drug-likeness (QED) is 0.153. The predicted octanol–water partition coefficient (Wildman–Crippen LogP) is 1.89. The lowest BCUT2D eigenvalue weighted by molar-refractivity contribution is -0.109. The van der Waals surface area contributed by atoms with Crippen molar-refractivity contribution in [3.8, 4) is 6.07 Å². The summed E-state index contributed by atoms with van der Waals surface area (Å²) < 4.78 is 0. The zero-order valence-corrected chi connectivity index (χ0v) is 22.2. The molecule has 3 rings (SSSR count). The summed E-state index contributed by atoms with van der Waals surface area (Å²) in [5.41, 5.74) is 7.39. The maximum Gasteiger partial charge on any atom is 0.207 e. The normalized spacial score (nSPS) is 14.4. The van der Waals surface area contributed by atoms with Gasteiger partial charge in [0.25, 0.3) is 0 Å². The van der Waals surface area contributed by atoms with Crippen LogP contribution < -0.4 is 21.7 Å². The molecule has 38 heavy (non-hydrogen) atoms. The second-order valence-corrected chi connectivity index (χ2v) is 9.69. The third kappa shape index (κ3) is 7.25. The van der Waals surface area contributed by atoms with Crippen LogP contribution >= 0.6 is 0 Å². The molecule has 0 bridgehead atoms. The van der Waals surface area contributed by atoms with Gasteiger partial charge in [0.05, 0.1) is 16.9 Å². The number of nitrogens with two attached hydrogens (primary N) is 1. The molecule has 0 aliphatic heterocycles. The zero-order chi connectivity index (χ0) is 27.5. The molecule has 1 unspecified atom stereocenters. The van der Waals surface area contributed by atoms with Gasteiger partial charge in [0.1, 0.15) is 23.4 Å². The molecule has 1 saturated carbocycles. The Morgan fingerprint density at radius 1 is 1.29 bits per heavy atom. The first-order valence-electron chi connectivity index (χ1n) is 13.1. The summed E-state index contributed by atoms with van der Waals surface area (Å²) in [5.74, 6) is 0.839. The minimum Gasteiger partial charge on any atom is -0.385 e. The average molecular weight is 523 g/mol. The summed E-state index contributed by atoms with van der Waals surface area (Å²) in [6.07, 6.45) is 6.42. The van der Waals surface area contributed by atoms with Crippen molar-refractivity contribution in [3.63, 3.8) is 0 Å². The summed E-state index contributed by atoms with van der Waals surface area (Å²) in [6.45, 7) is 4.85. The van der Waals surface area contributed by atoms with Gasteiger partial charge >= 0.3 is 0 Å². The largest absolute Gasteiger partial charge is 0.385 e. The molecular formula is C27H38N8O3. The standard InChI is InChI=1S/C27H38N8O3/c1-3-9-31-23-14-25(32-16-20(23)15-29)34-26-22(27(38,7-8-28)21-4-5-21)13-19(24(17-36)33-26)6-11-35(2)12-10-30-18-37/h13-14,16-18,21,38H,3-12,28H2,1-2H3,(H,30,37)(H2,31,32,33,34). The van der Waals surface area contributed by atoms with Crippen LogP contribution in [0.2, 0.25) is 0 Å². The molecular weight excluding hydrogens is 484 g/mol. The number of pyridine rings is 2. The highest BCUT2D eigenvalue weighted by molar-refractivity contribution is 5.77. The van der Waals surface area contributed by atoms with Crippen LogP contribution in [-0.4, -0.2) is 72.4 Å². The van der Waals surface area contributed by atoms with E-state index in [0.29, 0.717) is 80.4 Å². The molecule has 0 saturated heterocycles. The Morgan fingerprint density at radius 2 is 2.08 bits per heavy atom. The number of hydrogen-bond acceptors (Lipinski definition) is 10. The second kappa shape index (κ2) is 13.8. The number of carbonyl (C=O) groups excluding carboxylic acids is 2. The van der Waals surface area contributed by atoms with Crippen LogP contribution in [0.15, 0.2) is 18.3 Å². The average Bonchev–Trinajstić information content (AvgIpc) is 3.77. The van der Waals surface area contributed by atoms with Crippen molar-refractivity contribution in [3.05, 3.63) is 40.7 Å². The van der Waals surface area contributed by atoms with Gasteiger partial charge in [0.15, 0.2) is 6.29 Å². The fraction of sp³-hybridized carbons (Fsp3) is 0.519. The van der Waals surface area contributed by atoms with Crippen molar-refractivity contribution in [2.24, 2.45) is 11.7 Å². The van der Waals surface area contributed by atoms with Gasteiger partial charge in [-0.2, -0.15) is 5.26 Å². The zero-order valence-electron chi connectivity index (χ0n) is 22.2. The summed E-state index contributed by atoms with van der Waals surface area (Å²) in [4.78, 5) is 33.7. The van der Waals surface area contributed by atoms with Crippen molar-refractivity contribution >= 4 is 30.0 Å². The number of aromatic nitrogens is 2. The Kier molecular flexibility index (Phi) is 10.5. The molecule has 0 aromatic carbocycles. The van der Waals surface area contributed by atoms with Crippen molar-refractivity contribution < 1.29 is 14.7 Å². The first kappa shape index (κ1) is 29.0. The molecule has 1 fully saturated rings. The van der Waals surface area contributed by atoms with Gasteiger partial charge in [0.2, 0.25) is 6.41 Å². The van der Waals surface area contributed by atoms with E-state index < -0.39 is 5.60 Å². The lowest BCUT2D eigenvalue weighted by Gasteiger charge is -2.31. The lowest BCUT2D eigenvalue weighted by Crippen LogP contribution is -2.33. The Labute approximate surface area is 223 Å². The summed E-state index contributed by atoms with van der Waals surface area (Å²) in [5, 5.41) is 30.4. The fourth-order valence-electron chi connectivity index (χ4n) is 4.51. The molecule has 11 nitrogen and oxygen atoms in total. The van der Waals surface area contributed by atoms with Gasteiger partial charge < -0.3 is 31.7 Å². The lowest BCUT2D eigenvalue weighted by atomic mass is 9.84. The van der Waals surface area contributed by atoms with E-state index in [2.05, 4.69) is 36.9 Å². The van der Waals surface area contributed by atoms with Crippen LogP contribution in [0.3, 0.4) is 0 Å². The van der Waals surface area contributed by atoms with Gasteiger partial charge in [-0.05, 0) is 63.2 Å². The minimum absolute atomic E-state index is 0.0520. The molecule has 1 aliphatic rings.